The minimum absolute atomic E-state index is 0.1000. The monoisotopic (exact) mass is 510 g/mol. The summed E-state index contributed by atoms with van der Waals surface area (Å²) >= 11 is 0. The summed E-state index contributed by atoms with van der Waals surface area (Å²) in [6.07, 6.45) is 0.707. The first-order chi connectivity index (χ1) is 18.3. The summed E-state index contributed by atoms with van der Waals surface area (Å²) in [6, 6.07) is 17.8. The van der Waals surface area contributed by atoms with Gasteiger partial charge in [-0.1, -0.05) is 24.3 Å². The molecule has 0 radical (unpaired) electrons. The molecule has 6 rings (SSSR count). The van der Waals surface area contributed by atoms with E-state index in [0.717, 1.165) is 20.9 Å². The van der Waals surface area contributed by atoms with Gasteiger partial charge in [-0.25, -0.2) is 8.78 Å². The highest BCUT2D eigenvalue weighted by atomic mass is 19.1. The summed E-state index contributed by atoms with van der Waals surface area (Å²) in [4.78, 5) is 55.8. The molecular weight excluding hydrogens is 490 g/mol. The van der Waals surface area contributed by atoms with Gasteiger partial charge in [-0.15, -0.1) is 0 Å². The lowest BCUT2D eigenvalue weighted by molar-refractivity contribution is 0.0590. The number of amides is 4. The van der Waals surface area contributed by atoms with Crippen molar-refractivity contribution in [3.63, 3.8) is 0 Å². The molecule has 4 aromatic carbocycles. The number of nitrogens with zero attached hydrogens (tertiary/aromatic N) is 2. The van der Waals surface area contributed by atoms with Crippen molar-refractivity contribution in [1.82, 2.24) is 9.80 Å². The molecule has 38 heavy (non-hydrogen) atoms. The van der Waals surface area contributed by atoms with Crippen LogP contribution in [0.15, 0.2) is 72.8 Å². The summed E-state index contributed by atoms with van der Waals surface area (Å²) in [5.41, 5.74) is 2.55. The van der Waals surface area contributed by atoms with Crippen molar-refractivity contribution < 1.29 is 28.0 Å². The minimum atomic E-state index is -0.507. The topological polar surface area (TPSA) is 74.8 Å². The molecule has 0 saturated heterocycles. The third-order valence-electron chi connectivity index (χ3n) is 7.14. The predicted octanol–water partition coefficient (Wildman–Crippen LogP) is 4.80. The normalized spacial score (nSPS) is 14.6. The molecular formula is C30H20F2N2O4. The fraction of sp³-hybridized carbons (Fsp3) is 0.133. The summed E-state index contributed by atoms with van der Waals surface area (Å²) in [6.45, 7) is 0.200. The summed E-state index contributed by atoms with van der Waals surface area (Å²) in [5, 5.41) is 0.626. The number of benzene rings is 4. The van der Waals surface area contributed by atoms with Gasteiger partial charge in [0, 0.05) is 46.1 Å². The number of imide groups is 2. The molecule has 2 heterocycles. The van der Waals surface area contributed by atoms with Crippen molar-refractivity contribution in [3.05, 3.63) is 118 Å². The van der Waals surface area contributed by atoms with Crippen LogP contribution in [-0.4, -0.2) is 46.5 Å². The van der Waals surface area contributed by atoms with Crippen LogP contribution in [0.25, 0.3) is 10.8 Å². The Morgan fingerprint density at radius 1 is 0.447 bits per heavy atom. The van der Waals surface area contributed by atoms with Crippen LogP contribution in [0.3, 0.4) is 0 Å². The molecule has 2 aliphatic heterocycles. The Morgan fingerprint density at radius 2 is 0.737 bits per heavy atom. The molecule has 4 amide bonds. The molecule has 0 aliphatic carbocycles. The Kier molecular flexibility index (Phi) is 5.60. The van der Waals surface area contributed by atoms with E-state index in [4.69, 9.17) is 0 Å². The number of rotatable bonds is 6. The van der Waals surface area contributed by atoms with E-state index < -0.39 is 23.6 Å². The fourth-order valence-corrected chi connectivity index (χ4v) is 5.16. The second kappa shape index (κ2) is 8.99. The van der Waals surface area contributed by atoms with E-state index in [1.54, 1.807) is 24.3 Å². The lowest BCUT2D eigenvalue weighted by atomic mass is 9.85. The van der Waals surface area contributed by atoms with Gasteiger partial charge in [-0.05, 0) is 72.5 Å². The van der Waals surface area contributed by atoms with E-state index in [0.29, 0.717) is 23.6 Å². The third-order valence-corrected chi connectivity index (χ3v) is 7.14. The van der Waals surface area contributed by atoms with Crippen LogP contribution in [0.5, 0.6) is 0 Å². The summed E-state index contributed by atoms with van der Waals surface area (Å²) in [5.74, 6) is -2.77. The smallest absolute Gasteiger partial charge is 0.261 e. The Morgan fingerprint density at radius 3 is 1.03 bits per heavy atom. The first-order valence-corrected chi connectivity index (χ1v) is 12.1. The standard InChI is InChI=1S/C30H20F2N2O4/c31-19-5-1-17(2-6-19)13-15-33-27(35)21-9-11-23-26-24(12-10-22(25(21)26)28(33)36)30(38)34(29(23)37)16-14-18-3-7-20(32)8-4-18/h1-12H,13-16H2. The van der Waals surface area contributed by atoms with Gasteiger partial charge in [0.05, 0.1) is 0 Å². The molecule has 0 spiro atoms. The average Bonchev–Trinajstić information content (AvgIpc) is 2.92. The van der Waals surface area contributed by atoms with Crippen molar-refractivity contribution in [2.75, 3.05) is 13.1 Å². The predicted molar refractivity (Wildman–Crippen MR) is 135 cm³/mol. The molecule has 0 aromatic heterocycles. The largest absolute Gasteiger partial charge is 0.274 e. The van der Waals surface area contributed by atoms with Crippen molar-refractivity contribution in [1.29, 1.82) is 0 Å². The van der Waals surface area contributed by atoms with Crippen molar-refractivity contribution in [2.24, 2.45) is 0 Å². The van der Waals surface area contributed by atoms with Gasteiger partial charge in [0.15, 0.2) is 0 Å². The summed E-state index contributed by atoms with van der Waals surface area (Å²) < 4.78 is 26.5. The second-order valence-electron chi connectivity index (χ2n) is 9.35. The molecule has 0 atom stereocenters. The quantitative estimate of drug-likeness (QED) is 0.350. The van der Waals surface area contributed by atoms with Crippen LogP contribution in [0, 0.1) is 11.6 Å². The van der Waals surface area contributed by atoms with E-state index in [-0.39, 0.29) is 47.0 Å². The number of hydrogen-bond acceptors (Lipinski definition) is 4. The van der Waals surface area contributed by atoms with E-state index >= 15 is 0 Å². The SMILES string of the molecule is O=C1c2ccc3c4c(ccc(c24)C(=O)N1CCc1ccc(F)cc1)C(=O)N(CCc1ccc(F)cc1)C3=O. The molecule has 188 valence electrons. The molecule has 0 bridgehead atoms. The number of hydrogen-bond donors (Lipinski definition) is 0. The fourth-order valence-electron chi connectivity index (χ4n) is 5.16. The first-order valence-electron chi connectivity index (χ1n) is 12.1. The van der Waals surface area contributed by atoms with Gasteiger partial charge in [0.25, 0.3) is 23.6 Å². The molecule has 0 fully saturated rings. The molecule has 0 saturated carbocycles. The van der Waals surface area contributed by atoms with Gasteiger partial charge >= 0.3 is 0 Å². The van der Waals surface area contributed by atoms with Crippen molar-refractivity contribution in [3.8, 4) is 0 Å². The molecule has 4 aromatic rings. The number of carbonyl (C=O) groups excluding carboxylic acids is 4. The Labute approximate surface area is 216 Å². The van der Waals surface area contributed by atoms with Crippen LogP contribution in [0.4, 0.5) is 8.78 Å². The van der Waals surface area contributed by atoms with Crippen LogP contribution >= 0.6 is 0 Å². The molecule has 8 heteroatoms. The molecule has 6 nitrogen and oxygen atoms in total. The Hall–Kier alpha value is -4.72. The van der Waals surface area contributed by atoms with Gasteiger partial charge in [0.2, 0.25) is 0 Å². The highest BCUT2D eigenvalue weighted by Crippen LogP contribution is 2.38. The van der Waals surface area contributed by atoms with Gasteiger partial charge in [-0.3, -0.25) is 29.0 Å². The molecule has 0 N–H and O–H groups in total. The lowest BCUT2D eigenvalue weighted by Crippen LogP contribution is -2.44. The number of halogens is 2. The van der Waals surface area contributed by atoms with Crippen LogP contribution in [-0.2, 0) is 12.8 Å². The zero-order valence-electron chi connectivity index (χ0n) is 20.0. The van der Waals surface area contributed by atoms with Crippen LogP contribution < -0.4 is 0 Å². The third kappa shape index (κ3) is 3.76. The van der Waals surface area contributed by atoms with Gasteiger partial charge in [-0.2, -0.15) is 0 Å². The van der Waals surface area contributed by atoms with Crippen molar-refractivity contribution in [2.45, 2.75) is 12.8 Å². The molecule has 0 unspecified atom stereocenters. The lowest BCUT2D eigenvalue weighted by Gasteiger charge is -2.32. The molecule has 2 aliphatic rings. The Bertz CT molecular complexity index is 1470. The van der Waals surface area contributed by atoms with Gasteiger partial charge in [0.1, 0.15) is 11.6 Å². The van der Waals surface area contributed by atoms with E-state index in [1.165, 1.54) is 48.5 Å². The zero-order chi connectivity index (χ0) is 26.6. The Balaban J connectivity index is 1.32. The minimum Gasteiger partial charge on any atom is -0.274 e. The van der Waals surface area contributed by atoms with E-state index in [9.17, 15) is 28.0 Å². The maximum Gasteiger partial charge on any atom is 0.261 e. The van der Waals surface area contributed by atoms with Crippen molar-refractivity contribution >= 4 is 34.4 Å². The van der Waals surface area contributed by atoms with Crippen LogP contribution in [0.1, 0.15) is 52.6 Å². The highest BCUT2D eigenvalue weighted by Gasteiger charge is 2.39. The van der Waals surface area contributed by atoms with E-state index in [2.05, 4.69) is 0 Å². The first kappa shape index (κ1) is 23.7. The summed E-state index contributed by atoms with van der Waals surface area (Å²) in [7, 11) is 0. The average molecular weight is 510 g/mol. The maximum absolute atomic E-state index is 13.4. The number of carbonyl (C=O) groups is 4. The highest BCUT2D eigenvalue weighted by molar-refractivity contribution is 6.33. The zero-order valence-corrected chi connectivity index (χ0v) is 20.0. The second-order valence-corrected chi connectivity index (χ2v) is 9.35. The maximum atomic E-state index is 13.4. The van der Waals surface area contributed by atoms with Crippen LogP contribution in [0.2, 0.25) is 0 Å². The van der Waals surface area contributed by atoms with E-state index in [1.807, 2.05) is 0 Å². The van der Waals surface area contributed by atoms with Gasteiger partial charge < -0.3 is 0 Å².